The van der Waals surface area contributed by atoms with Crippen LogP contribution < -0.4 is 5.73 Å². The molecule has 0 aromatic carbocycles. The van der Waals surface area contributed by atoms with E-state index in [1.165, 1.54) is 38.5 Å². The monoisotopic (exact) mass is 224 g/mol. The number of hydrogen-bond acceptors (Lipinski definition) is 3. The molecule has 2 atom stereocenters. The van der Waals surface area contributed by atoms with Crippen molar-refractivity contribution in [2.24, 2.45) is 5.73 Å². The summed E-state index contributed by atoms with van der Waals surface area (Å²) in [6, 6.07) is 2.71. The fraction of sp³-hybridized carbons (Fsp3) is 1.00. The lowest BCUT2D eigenvalue weighted by molar-refractivity contribution is 0.0260. The lowest BCUT2D eigenvalue weighted by atomic mass is 9.88. The lowest BCUT2D eigenvalue weighted by Gasteiger charge is -2.44. The summed E-state index contributed by atoms with van der Waals surface area (Å²) >= 11 is 0. The van der Waals surface area contributed by atoms with Crippen LogP contribution in [0.2, 0.25) is 0 Å². The topological polar surface area (TPSA) is 49.5 Å². The van der Waals surface area contributed by atoms with Crippen molar-refractivity contribution in [3.8, 4) is 0 Å². The first-order valence-corrected chi connectivity index (χ1v) is 6.95. The van der Waals surface area contributed by atoms with Gasteiger partial charge in [-0.2, -0.15) is 0 Å². The van der Waals surface area contributed by atoms with Gasteiger partial charge in [-0.1, -0.05) is 0 Å². The van der Waals surface area contributed by atoms with Crippen LogP contribution in [0.4, 0.5) is 0 Å². The largest absolute Gasteiger partial charge is 0.393 e. The molecule has 3 aliphatic rings. The minimum absolute atomic E-state index is 0.0269. The molecule has 3 heteroatoms. The number of aliphatic hydroxyl groups is 1. The molecule has 2 bridgehead atoms. The molecule has 3 fully saturated rings. The normalized spacial score (nSPS) is 49.5. The number of nitrogens with two attached hydrogens (primary N) is 1. The summed E-state index contributed by atoms with van der Waals surface area (Å²) in [7, 11) is 0. The Kier molecular flexibility index (Phi) is 2.94. The van der Waals surface area contributed by atoms with Gasteiger partial charge in [0.25, 0.3) is 0 Å². The number of piperidine rings is 1. The minimum Gasteiger partial charge on any atom is -0.393 e. The van der Waals surface area contributed by atoms with Crippen LogP contribution in [0, 0.1) is 0 Å². The molecule has 1 aliphatic carbocycles. The maximum absolute atomic E-state index is 9.58. The summed E-state index contributed by atoms with van der Waals surface area (Å²) in [6.45, 7) is 0. The fourth-order valence-corrected chi connectivity index (χ4v) is 4.21. The van der Waals surface area contributed by atoms with Gasteiger partial charge in [-0.25, -0.2) is 0 Å². The van der Waals surface area contributed by atoms with Crippen LogP contribution in [-0.2, 0) is 0 Å². The zero-order valence-corrected chi connectivity index (χ0v) is 10.0. The summed E-state index contributed by atoms with van der Waals surface area (Å²) in [5.74, 6) is 0. The molecule has 2 unspecified atom stereocenters. The van der Waals surface area contributed by atoms with E-state index in [9.17, 15) is 5.11 Å². The Morgan fingerprint density at radius 3 is 1.88 bits per heavy atom. The van der Waals surface area contributed by atoms with Gasteiger partial charge in [-0.3, -0.25) is 4.90 Å². The Morgan fingerprint density at radius 2 is 1.31 bits per heavy atom. The second kappa shape index (κ2) is 4.28. The molecule has 2 aliphatic heterocycles. The Labute approximate surface area is 98.0 Å². The molecule has 16 heavy (non-hydrogen) atoms. The van der Waals surface area contributed by atoms with Crippen molar-refractivity contribution in [2.75, 3.05) is 0 Å². The van der Waals surface area contributed by atoms with Crippen LogP contribution in [0.5, 0.6) is 0 Å². The molecule has 3 rings (SSSR count). The highest BCUT2D eigenvalue weighted by Gasteiger charge is 2.43. The van der Waals surface area contributed by atoms with Gasteiger partial charge in [0, 0.05) is 24.2 Å². The van der Waals surface area contributed by atoms with Crippen LogP contribution in [0.25, 0.3) is 0 Å². The zero-order chi connectivity index (χ0) is 11.1. The van der Waals surface area contributed by atoms with Crippen LogP contribution in [0.3, 0.4) is 0 Å². The number of fused-ring (bicyclic) bond motifs is 2. The molecule has 0 aromatic rings. The van der Waals surface area contributed by atoms with E-state index in [1.54, 1.807) is 0 Å². The predicted molar refractivity (Wildman–Crippen MR) is 64.1 cm³/mol. The van der Waals surface area contributed by atoms with Crippen LogP contribution in [0.1, 0.15) is 51.4 Å². The van der Waals surface area contributed by atoms with Crippen molar-refractivity contribution in [3.63, 3.8) is 0 Å². The van der Waals surface area contributed by atoms with E-state index in [2.05, 4.69) is 4.90 Å². The summed E-state index contributed by atoms with van der Waals surface area (Å²) in [5.41, 5.74) is 6.10. The van der Waals surface area contributed by atoms with Crippen molar-refractivity contribution < 1.29 is 5.11 Å². The van der Waals surface area contributed by atoms with Crippen molar-refractivity contribution in [2.45, 2.75) is 81.6 Å². The van der Waals surface area contributed by atoms with Crippen molar-refractivity contribution in [1.82, 2.24) is 4.90 Å². The van der Waals surface area contributed by atoms with Crippen molar-refractivity contribution in [3.05, 3.63) is 0 Å². The average molecular weight is 224 g/mol. The number of hydrogen-bond donors (Lipinski definition) is 2. The number of rotatable bonds is 1. The smallest absolute Gasteiger partial charge is 0.0541 e. The second-order valence-corrected chi connectivity index (χ2v) is 6.03. The first kappa shape index (κ1) is 11.0. The van der Waals surface area contributed by atoms with Gasteiger partial charge in [0.1, 0.15) is 0 Å². The van der Waals surface area contributed by atoms with E-state index in [0.29, 0.717) is 6.04 Å². The van der Waals surface area contributed by atoms with Crippen LogP contribution in [-0.4, -0.2) is 40.3 Å². The molecule has 0 radical (unpaired) electrons. The van der Waals surface area contributed by atoms with Crippen LogP contribution in [0.15, 0.2) is 0 Å². The maximum atomic E-state index is 9.58. The van der Waals surface area contributed by atoms with Crippen LogP contribution >= 0.6 is 0 Å². The molecule has 0 amide bonds. The third kappa shape index (κ3) is 1.89. The molecule has 3 nitrogen and oxygen atoms in total. The van der Waals surface area contributed by atoms with E-state index in [4.69, 9.17) is 5.73 Å². The maximum Gasteiger partial charge on any atom is 0.0541 e. The van der Waals surface area contributed by atoms with Gasteiger partial charge in [0.2, 0.25) is 0 Å². The zero-order valence-electron chi connectivity index (χ0n) is 10.0. The van der Waals surface area contributed by atoms with Gasteiger partial charge in [-0.15, -0.1) is 0 Å². The second-order valence-electron chi connectivity index (χ2n) is 6.03. The molecule has 1 saturated carbocycles. The Balaban J connectivity index is 1.67. The number of nitrogens with zero attached hydrogens (tertiary/aromatic N) is 1. The van der Waals surface area contributed by atoms with Gasteiger partial charge in [0.05, 0.1) is 6.10 Å². The third-order valence-electron chi connectivity index (χ3n) is 4.91. The third-order valence-corrected chi connectivity index (χ3v) is 4.91. The summed E-state index contributed by atoms with van der Waals surface area (Å²) in [6.07, 6.45) is 9.51. The summed E-state index contributed by atoms with van der Waals surface area (Å²) in [4.78, 5) is 2.77. The molecular formula is C13H24N2O. The van der Waals surface area contributed by atoms with Crippen molar-refractivity contribution >= 4 is 0 Å². The molecular weight excluding hydrogens is 200 g/mol. The highest BCUT2D eigenvalue weighted by molar-refractivity contribution is 5.00. The molecule has 3 N–H and O–H groups in total. The van der Waals surface area contributed by atoms with Gasteiger partial charge < -0.3 is 10.8 Å². The molecule has 0 spiro atoms. The molecule has 2 saturated heterocycles. The minimum atomic E-state index is -0.0269. The lowest BCUT2D eigenvalue weighted by Crippen LogP contribution is -2.53. The van der Waals surface area contributed by atoms with E-state index < -0.39 is 0 Å². The first-order chi connectivity index (χ1) is 7.74. The molecule has 92 valence electrons. The fourth-order valence-electron chi connectivity index (χ4n) is 4.21. The molecule has 0 aromatic heterocycles. The van der Waals surface area contributed by atoms with E-state index in [-0.39, 0.29) is 6.10 Å². The SMILES string of the molecule is NC1CC2CCC(C1)N2C1CCC(O)CC1. The summed E-state index contributed by atoms with van der Waals surface area (Å²) in [5, 5.41) is 9.58. The first-order valence-electron chi connectivity index (χ1n) is 6.95. The van der Waals surface area contributed by atoms with Gasteiger partial charge >= 0.3 is 0 Å². The van der Waals surface area contributed by atoms with E-state index >= 15 is 0 Å². The quantitative estimate of drug-likeness (QED) is 0.704. The van der Waals surface area contributed by atoms with Gasteiger partial charge in [0.15, 0.2) is 0 Å². The predicted octanol–water partition coefficient (Wildman–Crippen LogP) is 1.24. The highest BCUT2D eigenvalue weighted by Crippen LogP contribution is 2.39. The van der Waals surface area contributed by atoms with E-state index in [0.717, 1.165) is 31.0 Å². The Hall–Kier alpha value is -0.120. The molecule has 2 heterocycles. The summed E-state index contributed by atoms with van der Waals surface area (Å²) < 4.78 is 0. The van der Waals surface area contributed by atoms with E-state index in [1.807, 2.05) is 0 Å². The number of aliphatic hydroxyl groups excluding tert-OH is 1. The Morgan fingerprint density at radius 1 is 0.812 bits per heavy atom. The van der Waals surface area contributed by atoms with Gasteiger partial charge in [-0.05, 0) is 51.4 Å². The van der Waals surface area contributed by atoms with Crippen molar-refractivity contribution in [1.29, 1.82) is 0 Å². The standard InChI is InChI=1S/C13H24N2O/c14-9-7-11-1-2-12(8-9)15(11)10-3-5-13(16)6-4-10/h9-13,16H,1-8,14H2. The Bertz CT molecular complexity index is 236. The average Bonchev–Trinajstić information content (AvgIpc) is 2.54. The highest BCUT2D eigenvalue weighted by atomic mass is 16.3.